The van der Waals surface area contributed by atoms with E-state index in [4.69, 9.17) is 10.5 Å². The van der Waals surface area contributed by atoms with Gasteiger partial charge in [-0.3, -0.25) is 0 Å². The zero-order chi connectivity index (χ0) is 27.2. The van der Waals surface area contributed by atoms with Crippen LogP contribution < -0.4 is 16.1 Å². The van der Waals surface area contributed by atoms with E-state index in [1.165, 1.54) is 13.8 Å². The fourth-order valence-electron chi connectivity index (χ4n) is 6.35. The van der Waals surface area contributed by atoms with Crippen LogP contribution in [0.15, 0.2) is 48.5 Å². The van der Waals surface area contributed by atoms with Crippen molar-refractivity contribution < 1.29 is 22.5 Å². The Morgan fingerprint density at radius 1 is 0.895 bits per heavy atom. The van der Waals surface area contributed by atoms with Crippen molar-refractivity contribution in [2.24, 2.45) is 5.73 Å². The van der Waals surface area contributed by atoms with Crippen LogP contribution >= 0.6 is 0 Å². The number of carbonyl (C=O) groups is 1. The minimum absolute atomic E-state index is 0.0251. The third-order valence-electron chi connectivity index (χ3n) is 8.15. The summed E-state index contributed by atoms with van der Waals surface area (Å²) in [5, 5.41) is 0. The molecule has 200 valence electrons. The molecule has 1 aliphatic carbocycles. The fourth-order valence-corrected chi connectivity index (χ4v) is 6.35. The number of rotatable bonds is 5. The molecule has 9 heteroatoms. The molecule has 3 aromatic carbocycles. The maximum Gasteiger partial charge on any atom is 0.510 e. The summed E-state index contributed by atoms with van der Waals surface area (Å²) >= 11 is 0. The van der Waals surface area contributed by atoms with Gasteiger partial charge in [0.15, 0.2) is 0 Å². The monoisotopic (exact) mass is 522 g/mol. The van der Waals surface area contributed by atoms with Crippen molar-refractivity contribution in [2.45, 2.75) is 33.2 Å². The molecule has 0 atom stereocenters. The van der Waals surface area contributed by atoms with E-state index in [9.17, 15) is 17.7 Å². The number of halogens is 3. The quantitative estimate of drug-likeness (QED) is 0.469. The fraction of sp³-hybridized carbons (Fsp3) is 0.345. The van der Waals surface area contributed by atoms with Gasteiger partial charge < -0.3 is 33.2 Å². The van der Waals surface area contributed by atoms with Gasteiger partial charge in [-0.15, -0.1) is 5.46 Å². The highest BCUT2D eigenvalue weighted by molar-refractivity contribution is 6.74. The Morgan fingerprint density at radius 3 is 1.97 bits per heavy atom. The third kappa shape index (κ3) is 4.43. The molecule has 1 fully saturated rings. The van der Waals surface area contributed by atoms with E-state index < -0.39 is 18.5 Å². The summed E-state index contributed by atoms with van der Waals surface area (Å²) in [5.41, 5.74) is 12.3. The molecule has 5 nitrogen and oxygen atoms in total. The standard InChI is InChI=1S/C29H32BF3N3O2/c1-18-25(16-34)19(2)28(20(3)27(18)30(31,32)33)35-12-14-36(15-13-35)29(37)38-17-26-23-10-6-4-8-21(23)22-9-5-7-11-24(22)26/h4-11,26H,12-17,34H2,1-3H3/q-1. The Bertz CT molecular complexity index is 1340. The average Bonchev–Trinajstić information content (AvgIpc) is 3.21. The first kappa shape index (κ1) is 26.2. The van der Waals surface area contributed by atoms with E-state index in [-0.39, 0.29) is 30.2 Å². The molecule has 0 radical (unpaired) electrons. The molecule has 0 spiro atoms. The SMILES string of the molecule is Cc1c(CN)c(C)c([B-](F)(F)F)c(C)c1N1CCN(C(=O)OCC2c3ccccc3-c3ccccc32)CC1. The number of anilines is 1. The van der Waals surface area contributed by atoms with Gasteiger partial charge in [0.2, 0.25) is 0 Å². The molecule has 5 rings (SSSR count). The van der Waals surface area contributed by atoms with Crippen LogP contribution in [0, 0.1) is 20.8 Å². The predicted octanol–water partition coefficient (Wildman–Crippen LogP) is 5.20. The van der Waals surface area contributed by atoms with Crippen molar-refractivity contribution in [3.8, 4) is 11.1 Å². The highest BCUT2D eigenvalue weighted by Gasteiger charge is 2.35. The van der Waals surface area contributed by atoms with Gasteiger partial charge in [-0.1, -0.05) is 59.7 Å². The van der Waals surface area contributed by atoms with E-state index in [2.05, 4.69) is 24.3 Å². The molecule has 1 aliphatic heterocycles. The van der Waals surface area contributed by atoms with Crippen LogP contribution in [0.1, 0.15) is 39.3 Å². The largest absolute Gasteiger partial charge is 0.510 e. The Kier molecular flexibility index (Phi) is 6.90. The van der Waals surface area contributed by atoms with Crippen molar-refractivity contribution in [1.82, 2.24) is 4.90 Å². The number of benzene rings is 3. The zero-order valence-electron chi connectivity index (χ0n) is 21.9. The van der Waals surface area contributed by atoms with E-state index in [0.29, 0.717) is 37.4 Å². The molecule has 2 aliphatic rings. The lowest BCUT2D eigenvalue weighted by atomic mass is 9.71. The number of nitrogens with two attached hydrogens (primary N) is 1. The number of nitrogens with zero attached hydrogens (tertiary/aromatic N) is 2. The number of fused-ring (bicyclic) bond motifs is 3. The summed E-state index contributed by atoms with van der Waals surface area (Å²) in [7, 11) is 0. The molecule has 1 saturated heterocycles. The summed E-state index contributed by atoms with van der Waals surface area (Å²) in [6.07, 6.45) is -0.397. The minimum Gasteiger partial charge on any atom is -0.448 e. The first-order valence-corrected chi connectivity index (χ1v) is 13.0. The maximum absolute atomic E-state index is 14.0. The second kappa shape index (κ2) is 10.0. The van der Waals surface area contributed by atoms with Gasteiger partial charge >= 0.3 is 13.1 Å². The van der Waals surface area contributed by atoms with Crippen molar-refractivity contribution in [1.29, 1.82) is 0 Å². The van der Waals surface area contributed by atoms with Crippen molar-refractivity contribution in [3.63, 3.8) is 0 Å². The second-order valence-electron chi connectivity index (χ2n) is 10.2. The van der Waals surface area contributed by atoms with Crippen molar-refractivity contribution in [3.05, 3.63) is 81.9 Å². The maximum atomic E-state index is 14.0. The lowest BCUT2D eigenvalue weighted by molar-refractivity contribution is 0.0977. The van der Waals surface area contributed by atoms with Gasteiger partial charge in [0.1, 0.15) is 6.61 Å². The highest BCUT2D eigenvalue weighted by atomic mass is 19.4. The van der Waals surface area contributed by atoms with Gasteiger partial charge in [-0.05, 0) is 54.2 Å². The minimum atomic E-state index is -5.18. The Hall–Kier alpha value is -3.46. The molecule has 2 N–H and O–H groups in total. The molecular formula is C29H32BF3N3O2-. The zero-order valence-corrected chi connectivity index (χ0v) is 21.9. The van der Waals surface area contributed by atoms with E-state index in [0.717, 1.165) is 27.8 Å². The molecule has 0 unspecified atom stereocenters. The average molecular weight is 522 g/mol. The molecule has 0 bridgehead atoms. The Morgan fingerprint density at radius 2 is 1.45 bits per heavy atom. The van der Waals surface area contributed by atoms with Gasteiger partial charge in [-0.25, -0.2) is 4.79 Å². The normalized spacial score (nSPS) is 15.4. The number of hydrogen-bond acceptors (Lipinski definition) is 4. The van der Waals surface area contributed by atoms with Crippen LogP contribution in [0.4, 0.5) is 23.4 Å². The van der Waals surface area contributed by atoms with E-state index in [1.807, 2.05) is 36.1 Å². The van der Waals surface area contributed by atoms with Crippen LogP contribution in [0.5, 0.6) is 0 Å². The number of hydrogen-bond donors (Lipinski definition) is 1. The van der Waals surface area contributed by atoms with E-state index in [1.54, 1.807) is 4.90 Å². The number of piperazine rings is 1. The summed E-state index contributed by atoms with van der Waals surface area (Å²) in [6.45, 7) is 1.56. The lowest BCUT2D eigenvalue weighted by Crippen LogP contribution is -2.50. The third-order valence-corrected chi connectivity index (χ3v) is 8.15. The molecule has 1 amide bonds. The van der Waals surface area contributed by atoms with Gasteiger partial charge in [0, 0.05) is 44.3 Å². The van der Waals surface area contributed by atoms with E-state index >= 15 is 0 Å². The topological polar surface area (TPSA) is 58.8 Å². The van der Waals surface area contributed by atoms with Crippen LogP contribution in [0.2, 0.25) is 0 Å². The van der Waals surface area contributed by atoms with Crippen molar-refractivity contribution in [2.75, 3.05) is 37.7 Å². The van der Waals surface area contributed by atoms with Crippen LogP contribution in [-0.2, 0) is 11.3 Å². The molecule has 0 aromatic heterocycles. The summed E-state index contributed by atoms with van der Waals surface area (Å²) in [5.74, 6) is -0.0251. The van der Waals surface area contributed by atoms with Crippen LogP contribution in [0.3, 0.4) is 0 Å². The summed E-state index contributed by atoms with van der Waals surface area (Å²) in [4.78, 5) is 16.6. The first-order valence-electron chi connectivity index (χ1n) is 13.0. The molecule has 0 saturated carbocycles. The summed E-state index contributed by atoms with van der Waals surface area (Å²) < 4.78 is 47.8. The second-order valence-corrected chi connectivity index (χ2v) is 10.2. The molecular weight excluding hydrogens is 490 g/mol. The van der Waals surface area contributed by atoms with Crippen molar-refractivity contribution >= 4 is 24.2 Å². The molecule has 38 heavy (non-hydrogen) atoms. The molecule has 1 heterocycles. The smallest absolute Gasteiger partial charge is 0.448 e. The number of ether oxygens (including phenoxy) is 1. The van der Waals surface area contributed by atoms with Gasteiger partial charge in [0.05, 0.1) is 0 Å². The Balaban J connectivity index is 1.29. The number of carbonyl (C=O) groups excluding carboxylic acids is 1. The Labute approximate surface area is 221 Å². The predicted molar refractivity (Wildman–Crippen MR) is 146 cm³/mol. The first-order chi connectivity index (χ1) is 18.1. The molecule has 3 aromatic rings. The number of amides is 1. The lowest BCUT2D eigenvalue weighted by Gasteiger charge is -2.39. The summed E-state index contributed by atoms with van der Waals surface area (Å²) in [6, 6.07) is 16.3. The van der Waals surface area contributed by atoms with Gasteiger partial charge in [0.25, 0.3) is 0 Å². The van der Waals surface area contributed by atoms with Crippen LogP contribution in [-0.4, -0.2) is 50.8 Å². The van der Waals surface area contributed by atoms with Gasteiger partial charge in [-0.2, -0.15) is 0 Å². The van der Waals surface area contributed by atoms with Crippen LogP contribution in [0.25, 0.3) is 11.1 Å². The highest BCUT2D eigenvalue weighted by Crippen LogP contribution is 2.44.